The number of benzene rings is 1. The number of carbonyl (C=O) groups is 1. The lowest BCUT2D eigenvalue weighted by molar-refractivity contribution is -0.147. The molecule has 0 unspecified atom stereocenters. The summed E-state index contributed by atoms with van der Waals surface area (Å²) >= 11 is 11.3. The van der Waals surface area contributed by atoms with Gasteiger partial charge in [0.15, 0.2) is 23.2 Å². The van der Waals surface area contributed by atoms with Crippen molar-refractivity contribution in [3.05, 3.63) is 39.1 Å². The molecule has 2 atom stereocenters. The van der Waals surface area contributed by atoms with Crippen molar-refractivity contribution in [2.75, 3.05) is 14.2 Å². The SMILES string of the molecule is COCc1c(F)c(F)c(COC(=O)[C@@H]2[C@H](C=C(Cl)Cl)C2(C)C)c(OC)c1F. The maximum absolute atomic E-state index is 14.4. The van der Waals surface area contributed by atoms with Gasteiger partial charge in [-0.3, -0.25) is 4.79 Å². The largest absolute Gasteiger partial charge is 0.493 e. The van der Waals surface area contributed by atoms with Crippen LogP contribution in [-0.2, 0) is 27.5 Å². The minimum atomic E-state index is -1.41. The number of methoxy groups -OCH3 is 2. The number of allylic oxidation sites excluding steroid dienone is 1. The molecule has 1 aliphatic rings. The van der Waals surface area contributed by atoms with Crippen LogP contribution in [0.25, 0.3) is 0 Å². The van der Waals surface area contributed by atoms with Gasteiger partial charge in [-0.25, -0.2) is 13.2 Å². The molecule has 0 saturated heterocycles. The number of carbonyl (C=O) groups excluding carboxylic acids is 1. The first-order valence-corrected chi connectivity index (χ1v) is 8.74. The zero-order chi connectivity index (χ0) is 20.5. The summed E-state index contributed by atoms with van der Waals surface area (Å²) in [4.78, 5) is 12.3. The number of rotatable bonds is 7. The minimum Gasteiger partial charge on any atom is -0.493 e. The van der Waals surface area contributed by atoms with E-state index in [2.05, 4.69) is 4.74 Å². The van der Waals surface area contributed by atoms with Crippen molar-refractivity contribution in [3.63, 3.8) is 0 Å². The average Bonchev–Trinajstić information content (AvgIpc) is 3.12. The van der Waals surface area contributed by atoms with E-state index in [9.17, 15) is 18.0 Å². The van der Waals surface area contributed by atoms with Crippen LogP contribution in [0.3, 0.4) is 0 Å². The van der Waals surface area contributed by atoms with Gasteiger partial charge in [0, 0.05) is 7.11 Å². The molecule has 0 heterocycles. The first-order chi connectivity index (χ1) is 12.6. The van der Waals surface area contributed by atoms with Gasteiger partial charge >= 0.3 is 5.97 Å². The van der Waals surface area contributed by atoms with Gasteiger partial charge in [0.25, 0.3) is 0 Å². The lowest BCUT2D eigenvalue weighted by atomic mass is 10.1. The molecule has 0 spiro atoms. The Labute approximate surface area is 165 Å². The molecule has 1 aliphatic carbocycles. The Balaban J connectivity index is 2.24. The summed E-state index contributed by atoms with van der Waals surface area (Å²) in [6.07, 6.45) is 1.52. The molecule has 1 aromatic carbocycles. The van der Waals surface area contributed by atoms with Gasteiger partial charge in [-0.05, 0) is 17.4 Å². The molecule has 27 heavy (non-hydrogen) atoms. The third-order valence-electron chi connectivity index (χ3n) is 4.78. The highest BCUT2D eigenvalue weighted by Crippen LogP contribution is 2.60. The number of hydrogen-bond acceptors (Lipinski definition) is 4. The third-order valence-corrected chi connectivity index (χ3v) is 5.03. The zero-order valence-corrected chi connectivity index (χ0v) is 16.7. The normalized spacial score (nSPS) is 20.2. The number of hydrogen-bond donors (Lipinski definition) is 0. The van der Waals surface area contributed by atoms with Gasteiger partial charge < -0.3 is 14.2 Å². The summed E-state index contributed by atoms with van der Waals surface area (Å²) in [5.74, 6) is -5.87. The van der Waals surface area contributed by atoms with Crippen molar-refractivity contribution < 1.29 is 32.2 Å². The van der Waals surface area contributed by atoms with Crippen LogP contribution in [0.2, 0.25) is 0 Å². The fraction of sp³-hybridized carbons (Fsp3) is 0.500. The molecular formula is C18H19Cl2F3O4. The van der Waals surface area contributed by atoms with Gasteiger partial charge in [-0.1, -0.05) is 37.0 Å². The highest BCUT2D eigenvalue weighted by atomic mass is 35.5. The summed E-state index contributed by atoms with van der Waals surface area (Å²) in [6, 6.07) is 0. The molecule has 0 radical (unpaired) electrons. The molecule has 0 bridgehead atoms. The van der Waals surface area contributed by atoms with E-state index in [1.54, 1.807) is 0 Å². The fourth-order valence-corrected chi connectivity index (χ4v) is 3.42. The second-order valence-electron chi connectivity index (χ2n) is 6.75. The van der Waals surface area contributed by atoms with E-state index in [0.717, 1.165) is 7.11 Å². The summed E-state index contributed by atoms with van der Waals surface area (Å²) in [6.45, 7) is 2.47. The van der Waals surface area contributed by atoms with Crippen molar-refractivity contribution in [2.24, 2.45) is 17.3 Å². The van der Waals surface area contributed by atoms with E-state index < -0.39 is 64.8 Å². The van der Waals surface area contributed by atoms with E-state index in [0.29, 0.717) is 0 Å². The second-order valence-corrected chi connectivity index (χ2v) is 7.76. The first kappa shape index (κ1) is 21.9. The van der Waals surface area contributed by atoms with Crippen LogP contribution in [0.1, 0.15) is 25.0 Å². The Morgan fingerprint density at radius 3 is 2.19 bits per heavy atom. The third kappa shape index (κ3) is 4.20. The fourth-order valence-electron chi connectivity index (χ4n) is 3.15. The van der Waals surface area contributed by atoms with Crippen LogP contribution in [-0.4, -0.2) is 20.2 Å². The van der Waals surface area contributed by atoms with Crippen LogP contribution < -0.4 is 4.74 Å². The highest BCUT2D eigenvalue weighted by molar-refractivity contribution is 6.55. The molecule has 1 aromatic rings. The second kappa shape index (κ2) is 8.29. The lowest BCUT2D eigenvalue weighted by Crippen LogP contribution is -2.14. The summed E-state index contributed by atoms with van der Waals surface area (Å²) in [5, 5.41) is 0. The van der Waals surface area contributed by atoms with E-state index in [1.165, 1.54) is 13.2 Å². The van der Waals surface area contributed by atoms with Crippen LogP contribution in [0.4, 0.5) is 13.2 Å². The molecule has 1 fully saturated rings. The standard InChI is InChI=1S/C18H19Cl2F3O4/c1-18(2)10(5-11(19)20)12(18)17(24)27-7-9-14(22)13(21)8(6-25-3)15(23)16(9)26-4/h5,10,12H,6-7H2,1-4H3/t10-,12-/m0/s1. The van der Waals surface area contributed by atoms with Crippen molar-refractivity contribution in [1.29, 1.82) is 0 Å². The number of ether oxygens (including phenoxy) is 3. The Kier molecular flexibility index (Phi) is 6.71. The van der Waals surface area contributed by atoms with Gasteiger partial charge in [-0.15, -0.1) is 0 Å². The number of esters is 1. The van der Waals surface area contributed by atoms with Gasteiger partial charge in [0.2, 0.25) is 0 Å². The first-order valence-electron chi connectivity index (χ1n) is 7.98. The van der Waals surface area contributed by atoms with E-state index in [4.69, 9.17) is 32.7 Å². The van der Waals surface area contributed by atoms with E-state index in [1.807, 2.05) is 13.8 Å². The maximum Gasteiger partial charge on any atom is 0.310 e. The molecule has 0 aliphatic heterocycles. The molecule has 1 saturated carbocycles. The van der Waals surface area contributed by atoms with E-state index in [-0.39, 0.29) is 10.4 Å². The van der Waals surface area contributed by atoms with Gasteiger partial charge in [-0.2, -0.15) is 0 Å². The predicted octanol–water partition coefficient (Wildman–Crippen LogP) is 4.89. The average molecular weight is 427 g/mol. The monoisotopic (exact) mass is 426 g/mol. The molecule has 9 heteroatoms. The quantitative estimate of drug-likeness (QED) is 0.459. The summed E-state index contributed by atoms with van der Waals surface area (Å²) in [5.41, 5.74) is -1.58. The minimum absolute atomic E-state index is 0.0222. The Hall–Kier alpha value is -1.44. The van der Waals surface area contributed by atoms with Crippen LogP contribution >= 0.6 is 23.2 Å². The van der Waals surface area contributed by atoms with Crippen LogP contribution in [0, 0.1) is 34.7 Å². The van der Waals surface area contributed by atoms with Crippen LogP contribution in [0.15, 0.2) is 10.6 Å². The molecule has 0 N–H and O–H groups in total. The molecule has 0 amide bonds. The molecular weight excluding hydrogens is 408 g/mol. The molecule has 150 valence electrons. The Bertz CT molecular complexity index is 777. The van der Waals surface area contributed by atoms with Crippen LogP contribution in [0.5, 0.6) is 5.75 Å². The summed E-state index contributed by atoms with van der Waals surface area (Å²) in [7, 11) is 2.32. The van der Waals surface area contributed by atoms with E-state index >= 15 is 0 Å². The lowest BCUT2D eigenvalue weighted by Gasteiger charge is -2.15. The molecule has 0 aromatic heterocycles. The predicted molar refractivity (Wildman–Crippen MR) is 93.9 cm³/mol. The summed E-state index contributed by atoms with van der Waals surface area (Å²) < 4.78 is 57.5. The van der Waals surface area contributed by atoms with Gasteiger partial charge in [0.05, 0.1) is 30.8 Å². The van der Waals surface area contributed by atoms with Crippen molar-refractivity contribution in [2.45, 2.75) is 27.1 Å². The highest BCUT2D eigenvalue weighted by Gasteiger charge is 2.61. The molecule has 2 rings (SSSR count). The topological polar surface area (TPSA) is 44.8 Å². The maximum atomic E-state index is 14.4. The molecule has 4 nitrogen and oxygen atoms in total. The van der Waals surface area contributed by atoms with Crippen molar-refractivity contribution in [1.82, 2.24) is 0 Å². The smallest absolute Gasteiger partial charge is 0.310 e. The Morgan fingerprint density at radius 1 is 1.07 bits per heavy atom. The number of halogens is 5. The Morgan fingerprint density at radius 2 is 1.67 bits per heavy atom. The van der Waals surface area contributed by atoms with Crippen molar-refractivity contribution >= 4 is 29.2 Å². The van der Waals surface area contributed by atoms with Gasteiger partial charge in [0.1, 0.15) is 11.1 Å². The van der Waals surface area contributed by atoms with Crippen molar-refractivity contribution in [3.8, 4) is 5.75 Å². The zero-order valence-electron chi connectivity index (χ0n) is 15.2.